The van der Waals surface area contributed by atoms with Gasteiger partial charge in [-0.3, -0.25) is 10.1 Å². The predicted octanol–water partition coefficient (Wildman–Crippen LogP) is 3.12. The smallest absolute Gasteiger partial charge is 0.270 e. The Morgan fingerprint density at radius 1 is 1.28 bits per heavy atom. The van der Waals surface area contributed by atoms with Gasteiger partial charge in [0.15, 0.2) is 5.13 Å². The molecule has 0 aliphatic heterocycles. The van der Waals surface area contributed by atoms with Crippen molar-refractivity contribution in [1.82, 2.24) is 9.97 Å². The Hall–Kier alpha value is -3.51. The predicted molar refractivity (Wildman–Crippen MR) is 95.7 cm³/mol. The Labute approximate surface area is 146 Å². The Bertz CT molecular complexity index is 1040. The molecule has 3 aromatic rings. The van der Waals surface area contributed by atoms with Gasteiger partial charge in [-0.05, 0) is 18.6 Å². The van der Waals surface area contributed by atoms with Gasteiger partial charge in [0, 0.05) is 17.7 Å². The van der Waals surface area contributed by atoms with E-state index in [0.717, 1.165) is 4.88 Å². The fraction of sp³-hybridized carbons (Fsp3) is 0.0625. The first-order chi connectivity index (χ1) is 11.9. The van der Waals surface area contributed by atoms with E-state index in [1.807, 2.05) is 6.07 Å². The molecule has 0 saturated heterocycles. The lowest BCUT2D eigenvalue weighted by atomic mass is 9.99. The zero-order valence-corrected chi connectivity index (χ0v) is 13.9. The molecule has 0 aliphatic rings. The molecule has 0 bridgehead atoms. The van der Waals surface area contributed by atoms with Gasteiger partial charge in [-0.15, -0.1) is 0 Å². The van der Waals surface area contributed by atoms with Crippen molar-refractivity contribution in [2.45, 2.75) is 6.92 Å². The molecule has 124 valence electrons. The average molecular weight is 352 g/mol. The Morgan fingerprint density at radius 3 is 2.64 bits per heavy atom. The van der Waals surface area contributed by atoms with Crippen molar-refractivity contribution >= 4 is 28.0 Å². The van der Waals surface area contributed by atoms with Gasteiger partial charge in [-0.25, -0.2) is 9.97 Å². The third-order valence-electron chi connectivity index (χ3n) is 3.57. The number of anilines is 2. The molecule has 25 heavy (non-hydrogen) atoms. The number of pyridine rings is 1. The van der Waals surface area contributed by atoms with Crippen molar-refractivity contribution in [2.75, 3.05) is 11.5 Å². The minimum absolute atomic E-state index is 0.0490. The number of rotatable bonds is 3. The van der Waals surface area contributed by atoms with Crippen molar-refractivity contribution in [2.24, 2.45) is 0 Å². The van der Waals surface area contributed by atoms with E-state index in [1.165, 1.54) is 23.5 Å². The molecule has 0 aliphatic carbocycles. The van der Waals surface area contributed by atoms with E-state index >= 15 is 0 Å². The van der Waals surface area contributed by atoms with Crippen LogP contribution in [0.15, 0.2) is 30.3 Å². The maximum atomic E-state index is 11.0. The lowest BCUT2D eigenvalue weighted by Gasteiger charge is -2.09. The van der Waals surface area contributed by atoms with E-state index in [4.69, 9.17) is 11.5 Å². The number of aromatic nitrogens is 2. The molecule has 9 heteroatoms. The van der Waals surface area contributed by atoms with Gasteiger partial charge in [0.25, 0.3) is 5.69 Å². The highest BCUT2D eigenvalue weighted by atomic mass is 32.1. The van der Waals surface area contributed by atoms with Crippen LogP contribution < -0.4 is 11.5 Å². The fourth-order valence-electron chi connectivity index (χ4n) is 2.47. The average Bonchev–Trinajstić information content (AvgIpc) is 2.92. The fourth-order valence-corrected chi connectivity index (χ4v) is 3.26. The monoisotopic (exact) mass is 352 g/mol. The summed E-state index contributed by atoms with van der Waals surface area (Å²) in [6.07, 6.45) is 0. The first kappa shape index (κ1) is 16.4. The lowest BCUT2D eigenvalue weighted by molar-refractivity contribution is -0.384. The van der Waals surface area contributed by atoms with E-state index in [9.17, 15) is 15.4 Å². The molecule has 0 atom stereocenters. The highest BCUT2D eigenvalue weighted by Gasteiger charge is 2.18. The Morgan fingerprint density at radius 2 is 2.04 bits per heavy atom. The summed E-state index contributed by atoms with van der Waals surface area (Å²) in [6, 6.07) is 9.71. The highest BCUT2D eigenvalue weighted by molar-refractivity contribution is 7.18. The molecule has 2 aromatic heterocycles. The van der Waals surface area contributed by atoms with Gasteiger partial charge in [0.05, 0.1) is 21.2 Å². The highest BCUT2D eigenvalue weighted by Crippen LogP contribution is 2.36. The number of nitro groups is 1. The number of nitrogens with two attached hydrogens (primary N) is 2. The minimum atomic E-state index is -0.491. The van der Waals surface area contributed by atoms with Gasteiger partial charge in [0.1, 0.15) is 17.5 Å². The zero-order valence-electron chi connectivity index (χ0n) is 13.1. The van der Waals surface area contributed by atoms with Crippen LogP contribution in [-0.2, 0) is 0 Å². The van der Waals surface area contributed by atoms with Crippen molar-refractivity contribution in [3.63, 3.8) is 0 Å². The second-order valence-corrected chi connectivity index (χ2v) is 6.23. The molecule has 0 spiro atoms. The van der Waals surface area contributed by atoms with E-state index in [-0.39, 0.29) is 17.1 Å². The van der Waals surface area contributed by atoms with Gasteiger partial charge >= 0.3 is 0 Å². The summed E-state index contributed by atoms with van der Waals surface area (Å²) in [5, 5.41) is 20.8. The number of thiazole rings is 1. The third-order valence-corrected chi connectivity index (χ3v) is 4.58. The Kier molecular flexibility index (Phi) is 4.04. The minimum Gasteiger partial charge on any atom is -0.383 e. The van der Waals surface area contributed by atoms with Crippen molar-refractivity contribution in [1.29, 1.82) is 5.26 Å². The molecule has 3 rings (SSSR count). The van der Waals surface area contributed by atoms with Gasteiger partial charge < -0.3 is 11.5 Å². The summed E-state index contributed by atoms with van der Waals surface area (Å²) in [7, 11) is 0. The summed E-state index contributed by atoms with van der Waals surface area (Å²) in [5.41, 5.74) is 14.0. The van der Waals surface area contributed by atoms with E-state index in [2.05, 4.69) is 9.97 Å². The SMILES string of the molecule is Cc1nc(N)sc1-c1cc(-c2cccc([N+](=O)[O-])c2)c(C#N)c(N)n1. The molecule has 0 saturated carbocycles. The summed E-state index contributed by atoms with van der Waals surface area (Å²) < 4.78 is 0. The number of aryl methyl sites for hydroxylation is 1. The molecule has 8 nitrogen and oxygen atoms in total. The van der Waals surface area contributed by atoms with Gasteiger partial charge in [-0.2, -0.15) is 5.26 Å². The lowest BCUT2D eigenvalue weighted by Crippen LogP contribution is -2.00. The van der Waals surface area contributed by atoms with Crippen LogP contribution in [0.1, 0.15) is 11.3 Å². The summed E-state index contributed by atoms with van der Waals surface area (Å²) in [4.78, 5) is 19.7. The first-order valence-corrected chi connectivity index (χ1v) is 7.91. The summed E-state index contributed by atoms with van der Waals surface area (Å²) >= 11 is 1.26. The second-order valence-electron chi connectivity index (χ2n) is 5.20. The molecule has 0 radical (unpaired) electrons. The number of nitrogen functional groups attached to an aromatic ring is 2. The van der Waals surface area contributed by atoms with Crippen molar-refractivity contribution < 1.29 is 4.92 Å². The normalized spacial score (nSPS) is 10.4. The van der Waals surface area contributed by atoms with Crippen LogP contribution in [0.2, 0.25) is 0 Å². The van der Waals surface area contributed by atoms with Crippen LogP contribution in [-0.4, -0.2) is 14.9 Å². The van der Waals surface area contributed by atoms with E-state index < -0.39 is 4.92 Å². The standard InChI is InChI=1S/C16H12N6O2S/c1-8-14(25-16(19)20-8)13-6-11(12(7-17)15(18)21-13)9-3-2-4-10(5-9)22(23)24/h2-6H,1H3,(H2,18,21)(H2,19,20). The Balaban J connectivity index is 2.25. The molecule has 0 unspecified atom stereocenters. The maximum absolute atomic E-state index is 11.0. The number of nitriles is 1. The van der Waals surface area contributed by atoms with Crippen LogP contribution in [0, 0.1) is 28.4 Å². The van der Waals surface area contributed by atoms with Crippen molar-refractivity contribution in [3.05, 3.63) is 51.7 Å². The van der Waals surface area contributed by atoms with Gasteiger partial charge in [-0.1, -0.05) is 23.5 Å². The van der Waals surface area contributed by atoms with Gasteiger partial charge in [0.2, 0.25) is 0 Å². The number of non-ortho nitro benzene ring substituents is 1. The maximum Gasteiger partial charge on any atom is 0.270 e. The molecule has 2 heterocycles. The van der Waals surface area contributed by atoms with Crippen molar-refractivity contribution in [3.8, 4) is 27.8 Å². The number of nitro benzene ring substituents is 1. The molecule has 4 N–H and O–H groups in total. The molecule has 1 aromatic carbocycles. The second kappa shape index (κ2) is 6.18. The number of hydrogen-bond donors (Lipinski definition) is 2. The third kappa shape index (κ3) is 2.98. The summed E-state index contributed by atoms with van der Waals surface area (Å²) in [6.45, 7) is 1.80. The van der Waals surface area contributed by atoms with Crippen LogP contribution in [0.3, 0.4) is 0 Å². The van der Waals surface area contributed by atoms with E-state index in [0.29, 0.717) is 27.6 Å². The summed E-state index contributed by atoms with van der Waals surface area (Å²) in [5.74, 6) is 0.0490. The molecular formula is C16H12N6O2S. The van der Waals surface area contributed by atoms with Crippen LogP contribution >= 0.6 is 11.3 Å². The first-order valence-electron chi connectivity index (χ1n) is 7.09. The van der Waals surface area contributed by atoms with Crippen LogP contribution in [0.5, 0.6) is 0 Å². The topological polar surface area (TPSA) is 145 Å². The number of benzene rings is 1. The quantitative estimate of drug-likeness (QED) is 0.544. The van der Waals surface area contributed by atoms with E-state index in [1.54, 1.807) is 25.1 Å². The number of hydrogen-bond acceptors (Lipinski definition) is 8. The molecule has 0 fully saturated rings. The zero-order chi connectivity index (χ0) is 18.1. The number of nitrogens with zero attached hydrogens (tertiary/aromatic N) is 4. The largest absolute Gasteiger partial charge is 0.383 e. The van der Waals surface area contributed by atoms with Crippen LogP contribution in [0.25, 0.3) is 21.7 Å². The molecule has 0 amide bonds. The molecular weight excluding hydrogens is 340 g/mol. The van der Waals surface area contributed by atoms with Crippen LogP contribution in [0.4, 0.5) is 16.6 Å².